The molecule has 5 nitrogen and oxygen atoms in total. The molecule has 1 N–H and O–H groups in total. The van der Waals surface area contributed by atoms with Gasteiger partial charge in [0.15, 0.2) is 0 Å². The number of hydrogen-bond acceptors (Lipinski definition) is 5. The standard InChI is InChI=1S/C18H21ClN2O3S/c1-23-15-10-13(16(24-2)9-12(15)19)20-11-18(22)21-7-3-5-14(21)17-6-4-8-25-17/h4,6,8-10,14,20H,3,5,7,11H2,1-2H3. The average Bonchev–Trinajstić information content (AvgIpc) is 3.30. The highest BCUT2D eigenvalue weighted by atomic mass is 35.5. The van der Waals surface area contributed by atoms with E-state index in [9.17, 15) is 4.79 Å². The molecule has 134 valence electrons. The minimum Gasteiger partial charge on any atom is -0.495 e. The summed E-state index contributed by atoms with van der Waals surface area (Å²) in [7, 11) is 3.12. The molecule has 0 spiro atoms. The molecule has 0 aliphatic carbocycles. The Bertz CT molecular complexity index is 736. The van der Waals surface area contributed by atoms with E-state index in [1.165, 1.54) is 4.88 Å². The van der Waals surface area contributed by atoms with E-state index >= 15 is 0 Å². The molecule has 1 atom stereocenters. The molecule has 1 aliphatic heterocycles. The van der Waals surface area contributed by atoms with Gasteiger partial charge in [0.05, 0.1) is 37.5 Å². The molecule has 1 amide bonds. The van der Waals surface area contributed by atoms with E-state index < -0.39 is 0 Å². The van der Waals surface area contributed by atoms with E-state index in [1.54, 1.807) is 37.7 Å². The molecular formula is C18H21ClN2O3S. The van der Waals surface area contributed by atoms with Gasteiger partial charge < -0.3 is 19.7 Å². The van der Waals surface area contributed by atoms with Crippen molar-refractivity contribution < 1.29 is 14.3 Å². The van der Waals surface area contributed by atoms with Crippen molar-refractivity contribution >= 4 is 34.5 Å². The second-order valence-corrected chi connectivity index (χ2v) is 7.19. The Morgan fingerprint density at radius 2 is 2.16 bits per heavy atom. The van der Waals surface area contributed by atoms with Crippen LogP contribution in [0.15, 0.2) is 29.6 Å². The van der Waals surface area contributed by atoms with Crippen molar-refractivity contribution in [2.45, 2.75) is 18.9 Å². The molecule has 1 unspecified atom stereocenters. The first kappa shape index (κ1) is 17.9. The Labute approximate surface area is 156 Å². The van der Waals surface area contributed by atoms with E-state index in [0.29, 0.717) is 22.2 Å². The Hall–Kier alpha value is -1.92. The lowest BCUT2D eigenvalue weighted by Crippen LogP contribution is -2.34. The Balaban J connectivity index is 1.70. The van der Waals surface area contributed by atoms with Gasteiger partial charge in [-0.05, 0) is 24.3 Å². The highest BCUT2D eigenvalue weighted by Gasteiger charge is 2.30. The Morgan fingerprint density at radius 3 is 2.84 bits per heavy atom. The second-order valence-electron chi connectivity index (χ2n) is 5.80. The first-order valence-corrected chi connectivity index (χ1v) is 9.38. The van der Waals surface area contributed by atoms with Crippen molar-refractivity contribution in [3.05, 3.63) is 39.5 Å². The third-order valence-electron chi connectivity index (χ3n) is 4.35. The number of carbonyl (C=O) groups is 1. The lowest BCUT2D eigenvalue weighted by atomic mass is 10.2. The van der Waals surface area contributed by atoms with Gasteiger partial charge in [-0.2, -0.15) is 0 Å². The number of thiophene rings is 1. The monoisotopic (exact) mass is 380 g/mol. The van der Waals surface area contributed by atoms with Crippen LogP contribution in [0.2, 0.25) is 5.02 Å². The van der Waals surface area contributed by atoms with Crippen LogP contribution in [-0.4, -0.2) is 38.1 Å². The molecule has 2 heterocycles. The molecule has 0 bridgehead atoms. The van der Waals surface area contributed by atoms with Gasteiger partial charge in [-0.1, -0.05) is 17.7 Å². The molecule has 1 aromatic heterocycles. The summed E-state index contributed by atoms with van der Waals surface area (Å²) >= 11 is 7.82. The van der Waals surface area contributed by atoms with Crippen LogP contribution in [0.25, 0.3) is 0 Å². The summed E-state index contributed by atoms with van der Waals surface area (Å²) < 4.78 is 10.6. The summed E-state index contributed by atoms with van der Waals surface area (Å²) in [5.74, 6) is 1.19. The number of ether oxygens (including phenoxy) is 2. The van der Waals surface area contributed by atoms with E-state index in [1.807, 2.05) is 11.0 Å². The maximum Gasteiger partial charge on any atom is 0.242 e. The number of carbonyl (C=O) groups excluding carboxylic acids is 1. The van der Waals surface area contributed by atoms with Gasteiger partial charge in [-0.25, -0.2) is 0 Å². The number of rotatable bonds is 6. The Kier molecular flexibility index (Phi) is 5.71. The molecule has 1 aliphatic rings. The molecule has 3 rings (SSSR count). The second kappa shape index (κ2) is 7.97. The number of hydrogen-bond donors (Lipinski definition) is 1. The van der Waals surface area contributed by atoms with Gasteiger partial charge in [-0.3, -0.25) is 4.79 Å². The molecule has 0 saturated carbocycles. The molecule has 25 heavy (non-hydrogen) atoms. The van der Waals surface area contributed by atoms with Crippen molar-refractivity contribution in [1.82, 2.24) is 4.90 Å². The lowest BCUT2D eigenvalue weighted by Gasteiger charge is -2.24. The highest BCUT2D eigenvalue weighted by molar-refractivity contribution is 7.10. The van der Waals surface area contributed by atoms with Gasteiger partial charge in [0.1, 0.15) is 11.5 Å². The number of anilines is 1. The van der Waals surface area contributed by atoms with E-state index in [2.05, 4.69) is 16.8 Å². The fourth-order valence-electron chi connectivity index (χ4n) is 3.11. The minimum atomic E-state index is 0.0758. The maximum atomic E-state index is 12.7. The van der Waals surface area contributed by atoms with Crippen LogP contribution in [0.5, 0.6) is 11.5 Å². The molecular weight excluding hydrogens is 360 g/mol. The fourth-order valence-corrected chi connectivity index (χ4v) is 4.22. The van der Waals surface area contributed by atoms with Crippen LogP contribution in [0.3, 0.4) is 0 Å². The Morgan fingerprint density at radius 1 is 1.36 bits per heavy atom. The van der Waals surface area contributed by atoms with Gasteiger partial charge in [0.2, 0.25) is 5.91 Å². The molecule has 0 radical (unpaired) electrons. The van der Waals surface area contributed by atoms with Gasteiger partial charge >= 0.3 is 0 Å². The van der Waals surface area contributed by atoms with Crippen molar-refractivity contribution in [3.63, 3.8) is 0 Å². The SMILES string of the molecule is COc1cc(NCC(=O)N2CCCC2c2cccs2)c(OC)cc1Cl. The molecule has 1 saturated heterocycles. The number of benzene rings is 1. The minimum absolute atomic E-state index is 0.0758. The summed E-state index contributed by atoms with van der Waals surface area (Å²) in [6.07, 6.45) is 2.05. The van der Waals surface area contributed by atoms with Gasteiger partial charge in [0.25, 0.3) is 0 Å². The lowest BCUT2D eigenvalue weighted by molar-refractivity contribution is -0.130. The van der Waals surface area contributed by atoms with E-state index in [-0.39, 0.29) is 18.5 Å². The molecule has 1 fully saturated rings. The van der Waals surface area contributed by atoms with Crippen LogP contribution in [0.4, 0.5) is 5.69 Å². The zero-order valence-electron chi connectivity index (χ0n) is 14.3. The van der Waals surface area contributed by atoms with E-state index in [4.69, 9.17) is 21.1 Å². The van der Waals surface area contributed by atoms with Crippen LogP contribution < -0.4 is 14.8 Å². The summed E-state index contributed by atoms with van der Waals surface area (Å²) in [4.78, 5) is 15.9. The summed E-state index contributed by atoms with van der Waals surface area (Å²) in [6.45, 7) is 0.993. The number of likely N-dealkylation sites (tertiary alicyclic amines) is 1. The topological polar surface area (TPSA) is 50.8 Å². The normalized spacial score (nSPS) is 16.8. The summed E-state index contributed by atoms with van der Waals surface area (Å²) in [5, 5.41) is 5.68. The molecule has 1 aromatic carbocycles. The molecule has 2 aromatic rings. The van der Waals surface area contributed by atoms with Crippen LogP contribution in [0, 0.1) is 0 Å². The summed E-state index contributed by atoms with van der Waals surface area (Å²) in [5.41, 5.74) is 0.684. The number of nitrogens with one attached hydrogen (secondary N) is 1. The number of nitrogens with zero attached hydrogens (tertiary/aromatic N) is 1. The molecule has 7 heteroatoms. The van der Waals surface area contributed by atoms with Crippen molar-refractivity contribution in [1.29, 1.82) is 0 Å². The smallest absolute Gasteiger partial charge is 0.242 e. The van der Waals surface area contributed by atoms with E-state index in [0.717, 1.165) is 19.4 Å². The highest BCUT2D eigenvalue weighted by Crippen LogP contribution is 2.37. The number of methoxy groups -OCH3 is 2. The van der Waals surface area contributed by atoms with Crippen molar-refractivity contribution in [2.75, 3.05) is 32.6 Å². The zero-order valence-corrected chi connectivity index (χ0v) is 15.8. The average molecular weight is 381 g/mol. The van der Waals surface area contributed by atoms with Gasteiger partial charge in [-0.15, -0.1) is 11.3 Å². The van der Waals surface area contributed by atoms with Crippen LogP contribution in [0.1, 0.15) is 23.8 Å². The quantitative estimate of drug-likeness (QED) is 0.816. The van der Waals surface area contributed by atoms with Crippen molar-refractivity contribution in [2.24, 2.45) is 0 Å². The van der Waals surface area contributed by atoms with Crippen LogP contribution >= 0.6 is 22.9 Å². The third-order valence-corrected chi connectivity index (χ3v) is 5.62. The first-order chi connectivity index (χ1) is 12.1. The fraction of sp³-hybridized carbons (Fsp3) is 0.389. The third kappa shape index (κ3) is 3.85. The number of amides is 1. The predicted molar refractivity (Wildman–Crippen MR) is 101 cm³/mol. The number of halogens is 1. The predicted octanol–water partition coefficient (Wildman–Crippen LogP) is 4.19. The summed E-state index contributed by atoms with van der Waals surface area (Å²) in [6, 6.07) is 7.74. The largest absolute Gasteiger partial charge is 0.495 e. The van der Waals surface area contributed by atoms with Gasteiger partial charge in [0, 0.05) is 23.6 Å². The van der Waals surface area contributed by atoms with Crippen molar-refractivity contribution in [3.8, 4) is 11.5 Å². The first-order valence-electron chi connectivity index (χ1n) is 8.12. The van der Waals surface area contributed by atoms with Crippen LogP contribution in [-0.2, 0) is 4.79 Å². The zero-order chi connectivity index (χ0) is 17.8. The maximum absolute atomic E-state index is 12.7.